The van der Waals surface area contributed by atoms with E-state index in [1.807, 2.05) is 39.0 Å². The summed E-state index contributed by atoms with van der Waals surface area (Å²) in [4.78, 5) is 19.8. The maximum absolute atomic E-state index is 13.3. The number of amidine groups is 1. The third kappa shape index (κ3) is 4.03. The molecule has 1 aliphatic rings. The van der Waals surface area contributed by atoms with Gasteiger partial charge >= 0.3 is 6.09 Å². The Morgan fingerprint density at radius 2 is 2.12 bits per heavy atom. The fraction of sp³-hybridized carbons (Fsp3) is 0.353. The molecule has 1 aromatic carbocycles. The first-order chi connectivity index (χ1) is 11.3. The zero-order valence-corrected chi connectivity index (χ0v) is 14.5. The van der Waals surface area contributed by atoms with E-state index in [1.165, 1.54) is 24.0 Å². The number of amides is 1. The number of rotatable bonds is 1. The Morgan fingerprint density at radius 1 is 1.33 bits per heavy atom. The number of hydrogen-bond donors (Lipinski definition) is 1. The third-order valence-electron chi connectivity index (χ3n) is 3.35. The summed E-state index contributed by atoms with van der Waals surface area (Å²) in [6, 6.07) is 7.24. The van der Waals surface area contributed by atoms with Crippen molar-refractivity contribution in [3.05, 3.63) is 42.0 Å². The van der Waals surface area contributed by atoms with Crippen LogP contribution in [0.5, 0.6) is 0 Å². The highest BCUT2D eigenvalue weighted by Gasteiger charge is 2.25. The molecule has 0 aliphatic carbocycles. The van der Waals surface area contributed by atoms with Gasteiger partial charge in [-0.25, -0.2) is 9.78 Å². The van der Waals surface area contributed by atoms with Crippen LogP contribution in [0.3, 0.4) is 0 Å². The smallest absolute Gasteiger partial charge is 0.413 e. The van der Waals surface area contributed by atoms with E-state index in [0.29, 0.717) is 11.7 Å². The molecule has 1 atom stereocenters. The van der Waals surface area contributed by atoms with Crippen LogP contribution in [0.15, 0.2) is 35.5 Å². The summed E-state index contributed by atoms with van der Waals surface area (Å²) in [6.07, 6.45) is 1.00. The average molecular weight is 347 g/mol. The molecule has 5 nitrogen and oxygen atoms in total. The third-order valence-corrected chi connectivity index (χ3v) is 4.51. The minimum absolute atomic E-state index is 0.0792. The van der Waals surface area contributed by atoms with Crippen LogP contribution in [-0.4, -0.2) is 28.4 Å². The Bertz CT molecular complexity index is 817. The molecule has 1 unspecified atom stereocenters. The second-order valence-electron chi connectivity index (χ2n) is 6.49. The number of aliphatic imine (C=N–C) groups is 1. The predicted molar refractivity (Wildman–Crippen MR) is 93.7 cm³/mol. The zero-order chi connectivity index (χ0) is 17.3. The van der Waals surface area contributed by atoms with Crippen molar-refractivity contribution in [2.24, 2.45) is 4.99 Å². The van der Waals surface area contributed by atoms with E-state index in [9.17, 15) is 9.18 Å². The highest BCUT2D eigenvalue weighted by Crippen LogP contribution is 2.35. The molecule has 24 heavy (non-hydrogen) atoms. The monoisotopic (exact) mass is 347 g/mol. The van der Waals surface area contributed by atoms with Gasteiger partial charge in [0.2, 0.25) is 5.95 Å². The molecule has 0 bridgehead atoms. The van der Waals surface area contributed by atoms with E-state index in [2.05, 4.69) is 15.3 Å². The maximum Gasteiger partial charge on any atom is 0.413 e. The van der Waals surface area contributed by atoms with Crippen molar-refractivity contribution in [2.45, 2.75) is 31.6 Å². The molecular formula is C17H18FN3O2S. The molecule has 0 saturated carbocycles. The van der Waals surface area contributed by atoms with Gasteiger partial charge < -0.3 is 4.74 Å². The number of carbonyl (C=O) groups excluding carboxylic acids is 1. The summed E-state index contributed by atoms with van der Waals surface area (Å²) in [6.45, 7) is 5.97. The molecular weight excluding hydrogens is 329 g/mol. The first-order valence-electron chi connectivity index (χ1n) is 7.56. The molecule has 0 fully saturated rings. The van der Waals surface area contributed by atoms with Crippen molar-refractivity contribution in [1.29, 1.82) is 0 Å². The molecule has 1 amide bonds. The number of pyridine rings is 1. The summed E-state index contributed by atoms with van der Waals surface area (Å²) in [5.41, 5.74) is 0.479. The standard InChI is InChI=1S/C17H18FN3O2S/c1-17(2,3)23-16(22)21-15-20-9-13(24-15)10-4-5-11-8-19-14(18)7-12(11)6-10/h4-8,13H,9H2,1-3H3,(H,20,21,22). The predicted octanol–water partition coefficient (Wildman–Crippen LogP) is 4.04. The lowest BCUT2D eigenvalue weighted by molar-refractivity contribution is 0.0564. The molecule has 2 aromatic rings. The topological polar surface area (TPSA) is 63.6 Å². The van der Waals surface area contributed by atoms with Gasteiger partial charge in [0.05, 0.1) is 11.8 Å². The number of carbonyl (C=O) groups is 1. The summed E-state index contributed by atoms with van der Waals surface area (Å²) in [5.74, 6) is -0.498. The number of hydrogen-bond acceptors (Lipinski definition) is 5. The lowest BCUT2D eigenvalue weighted by atomic mass is 10.1. The molecule has 0 radical (unpaired) electrons. The minimum atomic E-state index is -0.552. The zero-order valence-electron chi connectivity index (χ0n) is 13.7. The van der Waals surface area contributed by atoms with Gasteiger partial charge in [-0.15, -0.1) is 0 Å². The van der Waals surface area contributed by atoms with E-state index >= 15 is 0 Å². The molecule has 0 saturated heterocycles. The number of nitrogens with one attached hydrogen (secondary N) is 1. The highest BCUT2D eigenvalue weighted by molar-refractivity contribution is 8.14. The number of benzene rings is 1. The van der Waals surface area contributed by atoms with Crippen molar-refractivity contribution in [3.63, 3.8) is 0 Å². The van der Waals surface area contributed by atoms with Crippen LogP contribution in [0.25, 0.3) is 10.8 Å². The van der Waals surface area contributed by atoms with Gasteiger partial charge in [-0.3, -0.25) is 10.3 Å². The van der Waals surface area contributed by atoms with E-state index in [4.69, 9.17) is 4.74 Å². The van der Waals surface area contributed by atoms with Crippen molar-refractivity contribution >= 4 is 33.8 Å². The Balaban J connectivity index is 1.67. The fourth-order valence-corrected chi connectivity index (χ4v) is 3.33. The second-order valence-corrected chi connectivity index (χ2v) is 7.68. The number of alkyl carbamates (subject to hydrolysis) is 1. The van der Waals surface area contributed by atoms with E-state index < -0.39 is 17.6 Å². The minimum Gasteiger partial charge on any atom is -0.444 e. The van der Waals surface area contributed by atoms with E-state index in [-0.39, 0.29) is 5.25 Å². The molecule has 1 N–H and O–H groups in total. The summed E-state index contributed by atoms with van der Waals surface area (Å²) >= 11 is 1.46. The maximum atomic E-state index is 13.3. The highest BCUT2D eigenvalue weighted by atomic mass is 32.2. The summed E-state index contributed by atoms with van der Waals surface area (Å²) in [5, 5.41) is 4.97. The van der Waals surface area contributed by atoms with Crippen LogP contribution in [0.4, 0.5) is 9.18 Å². The number of nitrogens with zero attached hydrogens (tertiary/aromatic N) is 2. The van der Waals surface area contributed by atoms with Gasteiger partial charge in [-0.05, 0) is 37.8 Å². The van der Waals surface area contributed by atoms with Crippen molar-refractivity contribution < 1.29 is 13.9 Å². The largest absolute Gasteiger partial charge is 0.444 e. The number of ether oxygens (including phenoxy) is 1. The van der Waals surface area contributed by atoms with Crippen molar-refractivity contribution in [2.75, 3.05) is 6.54 Å². The van der Waals surface area contributed by atoms with Crippen molar-refractivity contribution in [1.82, 2.24) is 10.3 Å². The molecule has 0 spiro atoms. The summed E-state index contributed by atoms with van der Waals surface area (Å²) < 4.78 is 18.5. The summed E-state index contributed by atoms with van der Waals surface area (Å²) in [7, 11) is 0. The molecule has 2 heterocycles. The Hall–Kier alpha value is -2.15. The first kappa shape index (κ1) is 16.7. The number of thioether (sulfide) groups is 1. The number of aromatic nitrogens is 1. The van der Waals surface area contributed by atoms with Crippen LogP contribution in [0.1, 0.15) is 31.6 Å². The molecule has 1 aliphatic heterocycles. The Kier molecular flexibility index (Phi) is 4.45. The SMILES string of the molecule is CC(C)(C)OC(=O)NC1=NCC(c2ccc3cnc(F)cc3c2)S1. The van der Waals surface area contributed by atoms with Gasteiger partial charge in [0, 0.05) is 17.6 Å². The molecule has 7 heteroatoms. The van der Waals surface area contributed by atoms with Gasteiger partial charge in [0.15, 0.2) is 5.17 Å². The number of fused-ring (bicyclic) bond motifs is 1. The van der Waals surface area contributed by atoms with Crippen LogP contribution < -0.4 is 5.32 Å². The van der Waals surface area contributed by atoms with Gasteiger partial charge in [-0.1, -0.05) is 23.9 Å². The Morgan fingerprint density at radius 3 is 2.88 bits per heavy atom. The van der Waals surface area contributed by atoms with Gasteiger partial charge in [-0.2, -0.15) is 4.39 Å². The lowest BCUT2D eigenvalue weighted by Gasteiger charge is -2.19. The first-order valence-corrected chi connectivity index (χ1v) is 8.44. The van der Waals surface area contributed by atoms with Crippen molar-refractivity contribution in [3.8, 4) is 0 Å². The number of halogens is 1. The lowest BCUT2D eigenvalue weighted by Crippen LogP contribution is -2.34. The van der Waals surface area contributed by atoms with Crippen LogP contribution in [0, 0.1) is 5.95 Å². The fourth-order valence-electron chi connectivity index (χ4n) is 2.34. The second kappa shape index (κ2) is 6.39. The van der Waals surface area contributed by atoms with Crippen LogP contribution in [0.2, 0.25) is 0 Å². The normalized spacial score (nSPS) is 17.7. The van der Waals surface area contributed by atoms with Crippen LogP contribution >= 0.6 is 11.8 Å². The van der Waals surface area contributed by atoms with E-state index in [0.717, 1.165) is 16.3 Å². The van der Waals surface area contributed by atoms with Crippen LogP contribution in [-0.2, 0) is 4.74 Å². The quantitative estimate of drug-likeness (QED) is 0.791. The molecule has 1 aromatic heterocycles. The molecule has 126 valence electrons. The van der Waals surface area contributed by atoms with Gasteiger partial charge in [0.25, 0.3) is 0 Å². The van der Waals surface area contributed by atoms with Gasteiger partial charge in [0.1, 0.15) is 5.60 Å². The Labute approximate surface area is 143 Å². The molecule has 3 rings (SSSR count). The van der Waals surface area contributed by atoms with E-state index in [1.54, 1.807) is 0 Å². The average Bonchev–Trinajstić information content (AvgIpc) is 2.92.